The minimum atomic E-state index is -0.483. The van der Waals surface area contributed by atoms with Gasteiger partial charge in [0, 0.05) is 30.2 Å². The second-order valence-electron chi connectivity index (χ2n) is 7.17. The summed E-state index contributed by atoms with van der Waals surface area (Å²) >= 11 is 0. The standard InChI is InChI=1S/C24H26N4O3/c1-5-28(24(30)31-4)21-13-19(18-8-6-16(2)7-9-18)12-20(14-21)23(29)27-17(3)22-15-25-10-11-26-22/h6-15,17H,5H2,1-4H3,(H,27,29). The molecule has 31 heavy (non-hydrogen) atoms. The molecular weight excluding hydrogens is 392 g/mol. The van der Waals surface area contributed by atoms with Gasteiger partial charge in [-0.1, -0.05) is 29.8 Å². The second-order valence-corrected chi connectivity index (χ2v) is 7.17. The Bertz CT molecular complexity index is 1050. The summed E-state index contributed by atoms with van der Waals surface area (Å²) in [4.78, 5) is 35.1. The van der Waals surface area contributed by atoms with Crippen LogP contribution in [0.15, 0.2) is 61.1 Å². The average molecular weight is 418 g/mol. The van der Waals surface area contributed by atoms with E-state index in [9.17, 15) is 9.59 Å². The summed E-state index contributed by atoms with van der Waals surface area (Å²) in [6, 6.07) is 13.1. The summed E-state index contributed by atoms with van der Waals surface area (Å²) in [6.45, 7) is 6.12. The Morgan fingerprint density at radius 3 is 2.45 bits per heavy atom. The number of anilines is 1. The van der Waals surface area contributed by atoms with Crippen LogP contribution in [0.2, 0.25) is 0 Å². The molecule has 0 aliphatic carbocycles. The number of amides is 2. The molecule has 0 fully saturated rings. The number of hydrogen-bond donors (Lipinski definition) is 1. The number of carbonyl (C=O) groups excluding carboxylic acids is 2. The first-order chi connectivity index (χ1) is 14.9. The zero-order chi connectivity index (χ0) is 22.4. The van der Waals surface area contributed by atoms with Crippen molar-refractivity contribution in [2.45, 2.75) is 26.8 Å². The molecule has 7 heteroatoms. The Hall–Kier alpha value is -3.74. The topological polar surface area (TPSA) is 84.4 Å². The van der Waals surface area contributed by atoms with E-state index in [0.717, 1.165) is 16.7 Å². The summed E-state index contributed by atoms with van der Waals surface area (Å²) in [7, 11) is 1.34. The van der Waals surface area contributed by atoms with Crippen molar-refractivity contribution in [1.82, 2.24) is 15.3 Å². The van der Waals surface area contributed by atoms with Gasteiger partial charge in [0.15, 0.2) is 0 Å². The molecule has 3 rings (SSSR count). The van der Waals surface area contributed by atoms with Crippen molar-refractivity contribution in [3.63, 3.8) is 0 Å². The number of aryl methyl sites for hydroxylation is 1. The SMILES string of the molecule is CCN(C(=O)OC)c1cc(C(=O)NC(C)c2cnccn2)cc(-c2ccc(C)cc2)c1. The molecule has 0 aliphatic rings. The van der Waals surface area contributed by atoms with Gasteiger partial charge in [-0.25, -0.2) is 4.79 Å². The molecule has 160 valence electrons. The van der Waals surface area contributed by atoms with Gasteiger partial charge in [-0.05, 0) is 50.1 Å². The van der Waals surface area contributed by atoms with E-state index < -0.39 is 6.09 Å². The molecule has 0 saturated heterocycles. The number of carbonyl (C=O) groups is 2. The number of ether oxygens (including phenoxy) is 1. The van der Waals surface area contributed by atoms with Gasteiger partial charge in [0.1, 0.15) is 0 Å². The smallest absolute Gasteiger partial charge is 0.413 e. The lowest BCUT2D eigenvalue weighted by Crippen LogP contribution is -2.31. The Balaban J connectivity index is 2.00. The molecule has 0 saturated carbocycles. The van der Waals surface area contributed by atoms with E-state index in [1.54, 1.807) is 24.7 Å². The molecule has 2 aromatic carbocycles. The maximum Gasteiger partial charge on any atom is 0.413 e. The maximum absolute atomic E-state index is 13.1. The van der Waals surface area contributed by atoms with Crippen LogP contribution in [-0.4, -0.2) is 35.6 Å². The number of methoxy groups -OCH3 is 1. The van der Waals surface area contributed by atoms with Crippen LogP contribution in [0.5, 0.6) is 0 Å². The number of nitrogens with one attached hydrogen (secondary N) is 1. The fourth-order valence-corrected chi connectivity index (χ4v) is 3.23. The number of aromatic nitrogens is 2. The third-order valence-electron chi connectivity index (χ3n) is 4.96. The number of nitrogens with zero attached hydrogens (tertiary/aromatic N) is 3. The highest BCUT2D eigenvalue weighted by Gasteiger charge is 2.19. The molecule has 1 aromatic heterocycles. The minimum absolute atomic E-state index is 0.269. The van der Waals surface area contributed by atoms with E-state index in [0.29, 0.717) is 23.5 Å². The average Bonchev–Trinajstić information content (AvgIpc) is 2.80. The van der Waals surface area contributed by atoms with Gasteiger partial charge >= 0.3 is 6.09 Å². The van der Waals surface area contributed by atoms with Gasteiger partial charge in [0.25, 0.3) is 5.91 Å². The molecule has 7 nitrogen and oxygen atoms in total. The summed E-state index contributed by atoms with van der Waals surface area (Å²) < 4.78 is 4.91. The van der Waals surface area contributed by atoms with Crippen molar-refractivity contribution in [1.29, 1.82) is 0 Å². The highest BCUT2D eigenvalue weighted by Crippen LogP contribution is 2.28. The highest BCUT2D eigenvalue weighted by atomic mass is 16.5. The Labute approximate surface area is 182 Å². The van der Waals surface area contributed by atoms with E-state index in [2.05, 4.69) is 15.3 Å². The van der Waals surface area contributed by atoms with E-state index in [1.807, 2.05) is 57.2 Å². The first kappa shape index (κ1) is 22.0. The Morgan fingerprint density at radius 2 is 1.84 bits per heavy atom. The zero-order valence-corrected chi connectivity index (χ0v) is 18.1. The van der Waals surface area contributed by atoms with Crippen LogP contribution in [0.25, 0.3) is 11.1 Å². The molecule has 0 bridgehead atoms. The minimum Gasteiger partial charge on any atom is -0.452 e. The second kappa shape index (κ2) is 9.84. The fraction of sp³-hybridized carbons (Fsp3) is 0.250. The van der Waals surface area contributed by atoms with Crippen molar-refractivity contribution >= 4 is 17.7 Å². The van der Waals surface area contributed by atoms with E-state index >= 15 is 0 Å². The zero-order valence-electron chi connectivity index (χ0n) is 18.1. The van der Waals surface area contributed by atoms with Crippen LogP contribution in [0.1, 0.15) is 41.5 Å². The molecule has 0 aliphatic heterocycles. The first-order valence-corrected chi connectivity index (χ1v) is 10.1. The predicted octanol–water partition coefficient (Wildman–Crippen LogP) is 4.54. The molecule has 1 heterocycles. The van der Waals surface area contributed by atoms with Crippen LogP contribution in [0.3, 0.4) is 0 Å². The van der Waals surface area contributed by atoms with Crippen LogP contribution in [0, 0.1) is 6.92 Å². The fourth-order valence-electron chi connectivity index (χ4n) is 3.23. The van der Waals surface area contributed by atoms with Crippen LogP contribution in [-0.2, 0) is 4.74 Å². The molecule has 0 spiro atoms. The summed E-state index contributed by atoms with van der Waals surface area (Å²) in [5.41, 5.74) is 4.60. The third-order valence-corrected chi connectivity index (χ3v) is 4.96. The van der Waals surface area contributed by atoms with Crippen LogP contribution < -0.4 is 10.2 Å². The van der Waals surface area contributed by atoms with Crippen molar-refractivity contribution in [3.8, 4) is 11.1 Å². The molecule has 1 atom stereocenters. The number of rotatable bonds is 6. The van der Waals surface area contributed by atoms with Gasteiger partial charge in [0.05, 0.1) is 25.0 Å². The van der Waals surface area contributed by atoms with Gasteiger partial charge < -0.3 is 10.1 Å². The van der Waals surface area contributed by atoms with Gasteiger partial charge in [-0.3, -0.25) is 19.7 Å². The van der Waals surface area contributed by atoms with Crippen molar-refractivity contribution in [2.24, 2.45) is 0 Å². The molecule has 2 amide bonds. The van der Waals surface area contributed by atoms with Gasteiger partial charge in [0.2, 0.25) is 0 Å². The monoisotopic (exact) mass is 418 g/mol. The van der Waals surface area contributed by atoms with Crippen molar-refractivity contribution in [2.75, 3.05) is 18.6 Å². The van der Waals surface area contributed by atoms with Gasteiger partial charge in [-0.2, -0.15) is 0 Å². The number of hydrogen-bond acceptors (Lipinski definition) is 5. The van der Waals surface area contributed by atoms with Crippen molar-refractivity contribution in [3.05, 3.63) is 77.9 Å². The first-order valence-electron chi connectivity index (χ1n) is 10.1. The molecule has 3 aromatic rings. The quantitative estimate of drug-likeness (QED) is 0.635. The van der Waals surface area contributed by atoms with Crippen LogP contribution in [0.4, 0.5) is 10.5 Å². The lowest BCUT2D eigenvalue weighted by Gasteiger charge is -2.21. The van der Waals surface area contributed by atoms with Gasteiger partial charge in [-0.15, -0.1) is 0 Å². The Morgan fingerprint density at radius 1 is 1.10 bits per heavy atom. The highest BCUT2D eigenvalue weighted by molar-refractivity contribution is 5.98. The van der Waals surface area contributed by atoms with Crippen molar-refractivity contribution < 1.29 is 14.3 Å². The van der Waals surface area contributed by atoms with E-state index in [1.165, 1.54) is 12.0 Å². The largest absolute Gasteiger partial charge is 0.452 e. The maximum atomic E-state index is 13.1. The lowest BCUT2D eigenvalue weighted by molar-refractivity contribution is 0.0939. The third kappa shape index (κ3) is 5.25. The molecule has 1 unspecified atom stereocenters. The number of benzene rings is 2. The van der Waals surface area contributed by atoms with Crippen LogP contribution >= 0.6 is 0 Å². The van der Waals surface area contributed by atoms with E-state index in [4.69, 9.17) is 4.74 Å². The molecular formula is C24H26N4O3. The summed E-state index contributed by atoms with van der Waals surface area (Å²) in [6.07, 6.45) is 4.31. The predicted molar refractivity (Wildman–Crippen MR) is 120 cm³/mol. The molecule has 1 N–H and O–H groups in total. The summed E-state index contributed by atoms with van der Waals surface area (Å²) in [5, 5.41) is 2.95. The normalized spacial score (nSPS) is 11.5. The lowest BCUT2D eigenvalue weighted by atomic mass is 10.00. The summed E-state index contributed by atoms with van der Waals surface area (Å²) in [5.74, 6) is -0.269. The Kier molecular flexibility index (Phi) is 6.97. The van der Waals surface area contributed by atoms with E-state index in [-0.39, 0.29) is 11.9 Å². The molecule has 0 radical (unpaired) electrons.